The van der Waals surface area contributed by atoms with E-state index in [0.717, 1.165) is 17.7 Å². The lowest BCUT2D eigenvalue weighted by Crippen LogP contribution is -2.43. The van der Waals surface area contributed by atoms with Crippen LogP contribution in [0.25, 0.3) is 11.2 Å². The van der Waals surface area contributed by atoms with Gasteiger partial charge in [-0.3, -0.25) is 28.3 Å². The van der Waals surface area contributed by atoms with Gasteiger partial charge < -0.3 is 48.7 Å². The van der Waals surface area contributed by atoms with Gasteiger partial charge in [0.05, 0.1) is 19.0 Å². The molecule has 1 unspecified atom stereocenters. The number of rotatable bonds is 13. The summed E-state index contributed by atoms with van der Waals surface area (Å²) < 4.78 is 53.5. The van der Waals surface area contributed by atoms with Crippen molar-refractivity contribution >= 4 is 30.7 Å². The zero-order chi connectivity index (χ0) is 33.2. The van der Waals surface area contributed by atoms with Gasteiger partial charge in [0.25, 0.3) is 13.4 Å². The van der Waals surface area contributed by atoms with Crippen LogP contribution in [0.2, 0.25) is 0 Å². The molecule has 2 aliphatic rings. The Labute approximate surface area is 260 Å². The van der Waals surface area contributed by atoms with E-state index < -0.39 is 73.9 Å². The Morgan fingerprint density at radius 2 is 1.78 bits per heavy atom. The number of carbonyl (C=O) groups excluding carboxylic acids is 1. The lowest BCUT2D eigenvalue weighted by atomic mass is 9.93. The minimum atomic E-state index is -4.84. The molecule has 2 aliphatic heterocycles. The summed E-state index contributed by atoms with van der Waals surface area (Å²) in [6.45, 7) is -0.117. The Morgan fingerprint density at radius 1 is 1.07 bits per heavy atom. The number of aromatic nitrogens is 6. The van der Waals surface area contributed by atoms with Gasteiger partial charge in [-0.1, -0.05) is 0 Å². The van der Waals surface area contributed by atoms with Gasteiger partial charge in [-0.2, -0.15) is 0 Å². The number of imidazole rings is 1. The Bertz CT molecular complexity index is 1700. The molecule has 0 aliphatic carbocycles. The molecule has 3 aromatic heterocycles. The molecule has 21 heteroatoms. The Kier molecular flexibility index (Phi) is 10.3. The summed E-state index contributed by atoms with van der Waals surface area (Å²) >= 11 is 0. The van der Waals surface area contributed by atoms with Gasteiger partial charge in [0.15, 0.2) is 23.9 Å². The maximum atomic E-state index is 13.4. The summed E-state index contributed by atoms with van der Waals surface area (Å²) in [7, 11) is 0.324. The lowest BCUT2D eigenvalue weighted by Gasteiger charge is -2.30. The predicted molar refractivity (Wildman–Crippen MR) is 153 cm³/mol. The molecule has 252 valence electrons. The number of hydrogen-bond acceptors (Lipinski definition) is 16. The number of amides is 1. The molecule has 0 saturated carbocycles. The molecule has 2 fully saturated rings. The first kappa shape index (κ1) is 33.8. The highest BCUT2D eigenvalue weighted by Gasteiger charge is 2.50. The molecule has 5 rings (SSSR count). The molecule has 0 aromatic carbocycles. The number of aromatic amines is 1. The van der Waals surface area contributed by atoms with Crippen LogP contribution in [-0.2, 0) is 42.1 Å². The number of phosphoric ester groups is 1. The highest BCUT2D eigenvalue weighted by Crippen LogP contribution is 2.45. The van der Waals surface area contributed by atoms with Crippen molar-refractivity contribution < 1.29 is 47.0 Å². The van der Waals surface area contributed by atoms with Crippen LogP contribution in [-0.4, -0.2) is 107 Å². The van der Waals surface area contributed by atoms with E-state index in [1.807, 2.05) is 0 Å². The predicted octanol–water partition coefficient (Wildman–Crippen LogP) is -1.95. The van der Waals surface area contributed by atoms with Crippen molar-refractivity contribution in [3.05, 3.63) is 45.8 Å². The van der Waals surface area contributed by atoms with Gasteiger partial charge in [0.2, 0.25) is 5.91 Å². The third-order valence-corrected chi connectivity index (χ3v) is 8.79. The van der Waals surface area contributed by atoms with E-state index in [-0.39, 0.29) is 25.4 Å². The maximum Gasteiger partial charge on any atom is 0.330 e. The number of carbonyl (C=O) groups is 1. The van der Waals surface area contributed by atoms with Gasteiger partial charge in [0.1, 0.15) is 36.3 Å². The van der Waals surface area contributed by atoms with E-state index in [0.29, 0.717) is 11.2 Å². The average Bonchev–Trinajstić information content (AvgIpc) is 3.70. The van der Waals surface area contributed by atoms with E-state index in [2.05, 4.69) is 29.8 Å². The van der Waals surface area contributed by atoms with Crippen LogP contribution in [0.1, 0.15) is 18.9 Å². The number of H-pyrrole nitrogens is 1. The summed E-state index contributed by atoms with van der Waals surface area (Å²) in [4.78, 5) is 64.4. The fraction of sp³-hybridized carbons (Fsp3) is 0.600. The minimum absolute atomic E-state index is 0.0976. The Hall–Kier alpha value is -3.59. The molecule has 0 bridgehead atoms. The summed E-state index contributed by atoms with van der Waals surface area (Å²) in [6, 6.07) is 1.09. The Balaban J connectivity index is 1.34. The summed E-state index contributed by atoms with van der Waals surface area (Å²) in [5.74, 6) is -0.783. The lowest BCUT2D eigenvalue weighted by molar-refractivity contribution is -0.231. The number of anilines is 1. The molecule has 1 amide bonds. The second kappa shape index (κ2) is 14.0. The smallest absolute Gasteiger partial charge is 0.330 e. The molecular weight excluding hydrogens is 635 g/mol. The van der Waals surface area contributed by atoms with Crippen molar-refractivity contribution in [2.24, 2.45) is 5.92 Å². The van der Waals surface area contributed by atoms with Gasteiger partial charge in [-0.05, 0) is 0 Å². The SMILES string of the molecule is COC[C@H]1O[C@@H](n2cnc3c(N)ncnc32)[C@H](OC)[C@@H]1CC(=O)NC[C@H]1O[C@@H](n2ccc(=O)[nH]c2=O)[C@H](OC)[C@@H]1OP(=O)([O-])OC. The third-order valence-electron chi connectivity index (χ3n) is 7.84. The molecule has 4 N–H and O–H groups in total. The largest absolute Gasteiger partial charge is 0.756 e. The molecule has 9 atom stereocenters. The van der Waals surface area contributed by atoms with Crippen LogP contribution in [0.5, 0.6) is 0 Å². The van der Waals surface area contributed by atoms with Crippen LogP contribution < -0.4 is 27.2 Å². The second-order valence-corrected chi connectivity index (χ2v) is 11.9. The molecule has 0 radical (unpaired) electrons. The number of fused-ring (bicyclic) bond motifs is 1. The Morgan fingerprint density at radius 3 is 2.46 bits per heavy atom. The normalized spacial score (nSPS) is 29.2. The quantitative estimate of drug-likeness (QED) is 0.167. The van der Waals surface area contributed by atoms with Gasteiger partial charge in [0, 0.05) is 59.6 Å². The molecular formula is C25H34N8O12P-. The number of nitrogens with one attached hydrogen (secondary N) is 2. The first-order valence-corrected chi connectivity index (χ1v) is 15.4. The van der Waals surface area contributed by atoms with Crippen molar-refractivity contribution in [2.45, 2.75) is 49.4 Å². The number of methoxy groups -OCH3 is 3. The number of nitrogen functional groups attached to an aromatic ring is 1. The number of hydrogen-bond donors (Lipinski definition) is 3. The second-order valence-electron chi connectivity index (χ2n) is 10.5. The van der Waals surface area contributed by atoms with Crippen molar-refractivity contribution in [3.63, 3.8) is 0 Å². The number of nitrogens with zero attached hydrogens (tertiary/aromatic N) is 5. The van der Waals surface area contributed by atoms with Gasteiger partial charge in [-0.25, -0.2) is 19.7 Å². The summed E-state index contributed by atoms with van der Waals surface area (Å²) in [5, 5.41) is 2.73. The van der Waals surface area contributed by atoms with Crippen molar-refractivity contribution in [2.75, 3.05) is 47.3 Å². The number of nitrogens with two attached hydrogens (primary N) is 1. The standard InChI is InChI=1S/C25H35N8O12P/c1-39-9-14-12(18(40-2)23(44-14)33-11-30-17-21(26)28-10-29-22(17)33)7-16(35)27-8-13-19(45-46(37,38)42-4)20(41-3)24(43-13)32-6-5-15(34)31-25(32)36/h5-6,10-14,18-20,23-24H,7-9H2,1-4H3,(H,27,35)(H,37,38)(H2,26,28,29)(H,31,34,36)/p-1/t12-,13-,14-,18-,19-,20-,23-,24-/m1/s1. The van der Waals surface area contributed by atoms with Crippen molar-refractivity contribution in [1.29, 1.82) is 0 Å². The first-order valence-electron chi connectivity index (χ1n) is 13.9. The zero-order valence-corrected chi connectivity index (χ0v) is 26.1. The zero-order valence-electron chi connectivity index (χ0n) is 25.2. The first-order chi connectivity index (χ1) is 22.0. The van der Waals surface area contributed by atoms with E-state index in [4.69, 9.17) is 33.9 Å². The summed E-state index contributed by atoms with van der Waals surface area (Å²) in [6.07, 6.45) is -2.98. The molecule has 46 heavy (non-hydrogen) atoms. The topological polar surface area (TPSA) is 258 Å². The van der Waals surface area contributed by atoms with Crippen LogP contribution in [0.4, 0.5) is 5.82 Å². The van der Waals surface area contributed by atoms with E-state index in [1.54, 1.807) is 4.57 Å². The monoisotopic (exact) mass is 669 g/mol. The molecule has 2 saturated heterocycles. The van der Waals surface area contributed by atoms with Crippen LogP contribution >= 0.6 is 7.82 Å². The average molecular weight is 670 g/mol. The van der Waals surface area contributed by atoms with E-state index >= 15 is 0 Å². The molecule has 3 aromatic rings. The van der Waals surface area contributed by atoms with E-state index in [9.17, 15) is 23.8 Å². The van der Waals surface area contributed by atoms with Crippen molar-refractivity contribution in [1.82, 2.24) is 34.4 Å². The maximum absolute atomic E-state index is 13.4. The number of phosphoric acid groups is 1. The molecule has 0 spiro atoms. The van der Waals surface area contributed by atoms with Crippen LogP contribution in [0, 0.1) is 5.92 Å². The summed E-state index contributed by atoms with van der Waals surface area (Å²) in [5.41, 5.74) is 5.27. The highest BCUT2D eigenvalue weighted by molar-refractivity contribution is 7.45. The number of ether oxygens (including phenoxy) is 5. The molecule has 20 nitrogen and oxygen atoms in total. The molecule has 5 heterocycles. The van der Waals surface area contributed by atoms with Gasteiger partial charge in [-0.15, -0.1) is 0 Å². The third kappa shape index (κ3) is 6.75. The van der Waals surface area contributed by atoms with Crippen LogP contribution in [0.3, 0.4) is 0 Å². The van der Waals surface area contributed by atoms with Crippen LogP contribution in [0.15, 0.2) is 34.5 Å². The fourth-order valence-electron chi connectivity index (χ4n) is 5.72. The minimum Gasteiger partial charge on any atom is -0.756 e. The van der Waals surface area contributed by atoms with Gasteiger partial charge >= 0.3 is 5.69 Å². The highest BCUT2D eigenvalue weighted by atomic mass is 31.2. The fourth-order valence-corrected chi connectivity index (χ4v) is 6.36. The van der Waals surface area contributed by atoms with Crippen molar-refractivity contribution in [3.8, 4) is 0 Å². The van der Waals surface area contributed by atoms with E-state index in [1.165, 1.54) is 40.2 Å².